The van der Waals surface area contributed by atoms with E-state index >= 15 is 0 Å². The van der Waals surface area contributed by atoms with Gasteiger partial charge in [0, 0.05) is 17.1 Å². The fraction of sp³-hybridized carbons (Fsp3) is 0. The largest absolute Gasteiger partial charge is 2.00 e. The van der Waals surface area contributed by atoms with Crippen LogP contribution < -0.4 is 0 Å². The second-order valence-electron chi connectivity index (χ2n) is 0.565. The van der Waals surface area contributed by atoms with Crippen LogP contribution in [0, 0.1) is 0 Å². The summed E-state index contributed by atoms with van der Waals surface area (Å²) < 4.78 is 0. The molecular weight excluding hydrogens is 200 g/mol. The van der Waals surface area contributed by atoms with Gasteiger partial charge >= 0.3 is 35.4 Å². The Morgan fingerprint density at radius 2 is 0.900 bits per heavy atom. The van der Waals surface area contributed by atoms with Gasteiger partial charge in [0.15, 0.2) is 0 Å². The Kier molecular flexibility index (Phi) is 35.9. The first-order valence-corrected chi connectivity index (χ1v) is 1.30. The third-order valence-corrected chi connectivity index (χ3v) is 0. The zero-order chi connectivity index (χ0) is 7.15. The molecule has 0 aliphatic carbocycles. The first kappa shape index (κ1) is 22.6. The van der Waals surface area contributed by atoms with Crippen molar-refractivity contribution < 1.29 is 49.9 Å². The van der Waals surface area contributed by atoms with Crippen molar-refractivity contribution in [2.24, 2.45) is 0 Å². The Balaban J connectivity index is -0.0000000112. The van der Waals surface area contributed by atoms with Crippen LogP contribution in [0.3, 0.4) is 0 Å². The molecule has 0 saturated heterocycles. The third-order valence-electron chi connectivity index (χ3n) is 0. The Morgan fingerprint density at radius 1 is 0.900 bits per heavy atom. The molecule has 4 N–H and O–H groups in total. The van der Waals surface area contributed by atoms with Crippen LogP contribution in [-0.2, 0) is 17.1 Å². The molecule has 0 bridgehead atoms. The van der Waals surface area contributed by atoms with E-state index in [9.17, 15) is 0 Å². The number of rotatable bonds is 0. The maximum absolute atomic E-state index is 8.56. The molecule has 0 aliphatic rings. The van der Waals surface area contributed by atoms with Crippen LogP contribution in [0.2, 0.25) is 0 Å². The second-order valence-corrected chi connectivity index (χ2v) is 0.565. The van der Waals surface area contributed by atoms with E-state index in [1.165, 1.54) is 0 Å². The van der Waals surface area contributed by atoms with E-state index in [4.69, 9.17) is 30.0 Å². The molecule has 0 fully saturated rings. The summed E-state index contributed by atoms with van der Waals surface area (Å²) >= 11 is 0. The molecule has 8 heteroatoms. The average molecular weight is 206 g/mol. The van der Waals surface area contributed by atoms with E-state index in [1.54, 1.807) is 0 Å². The Morgan fingerprint density at radius 3 is 0.900 bits per heavy atom. The second kappa shape index (κ2) is 15.9. The standard InChI is InChI=1S/2CH2O3.Fe.Mg.2H/c2*2-1(3)4;;;;/h2*(H2,2,3,4);;;;/q;;;+2;2*-1. The molecule has 0 amide bonds. The molecular formula is C2H6FeMgO6. The average Bonchev–Trinajstić information content (AvgIpc) is 1.25. The van der Waals surface area contributed by atoms with Gasteiger partial charge in [-0.1, -0.05) is 0 Å². The molecule has 0 atom stereocenters. The summed E-state index contributed by atoms with van der Waals surface area (Å²) in [6.07, 6.45) is -3.67. The van der Waals surface area contributed by atoms with Gasteiger partial charge in [-0.3, -0.25) is 0 Å². The summed E-state index contributed by atoms with van der Waals surface area (Å²) in [6.45, 7) is 0. The molecule has 0 spiro atoms. The Labute approximate surface area is 85.4 Å². The zero-order valence-electron chi connectivity index (χ0n) is 6.67. The Hall–Kier alpha value is -0.174. The van der Waals surface area contributed by atoms with Gasteiger partial charge in [-0.15, -0.1) is 0 Å². The van der Waals surface area contributed by atoms with Gasteiger partial charge in [0.05, 0.1) is 0 Å². The number of carbonyl (C=O) groups is 2. The van der Waals surface area contributed by atoms with Crippen LogP contribution in [0.1, 0.15) is 2.85 Å². The summed E-state index contributed by atoms with van der Waals surface area (Å²) in [5.41, 5.74) is 0. The van der Waals surface area contributed by atoms with Crippen molar-refractivity contribution in [1.82, 2.24) is 0 Å². The molecule has 6 nitrogen and oxygen atoms in total. The summed E-state index contributed by atoms with van der Waals surface area (Å²) in [5, 5.41) is 27.9. The topological polar surface area (TPSA) is 115 Å². The summed E-state index contributed by atoms with van der Waals surface area (Å²) in [4.78, 5) is 17.1. The molecule has 0 unspecified atom stereocenters. The molecule has 0 heterocycles. The first-order chi connectivity index (χ1) is 3.46. The van der Waals surface area contributed by atoms with Gasteiger partial charge in [0.2, 0.25) is 0 Å². The molecule has 0 radical (unpaired) electrons. The van der Waals surface area contributed by atoms with E-state index in [0.29, 0.717) is 0 Å². The van der Waals surface area contributed by atoms with E-state index in [0.717, 1.165) is 0 Å². The fourth-order valence-electron chi connectivity index (χ4n) is 0. The van der Waals surface area contributed by atoms with Crippen molar-refractivity contribution in [1.29, 1.82) is 0 Å². The molecule has 0 rings (SSSR count). The SMILES string of the molecule is O=C(O)O.O=C(O)O.[Fe].[H-].[H-].[Mg+2]. The van der Waals surface area contributed by atoms with Crippen LogP contribution >= 0.6 is 0 Å². The monoisotopic (exact) mass is 206 g/mol. The van der Waals surface area contributed by atoms with Crippen LogP contribution in [0.4, 0.5) is 9.59 Å². The molecule has 0 aromatic heterocycles. The van der Waals surface area contributed by atoms with Crippen LogP contribution in [0.5, 0.6) is 0 Å². The normalized spacial score (nSPS) is 4.80. The van der Waals surface area contributed by atoms with E-state index in [1.807, 2.05) is 0 Å². The van der Waals surface area contributed by atoms with Crippen LogP contribution in [0.25, 0.3) is 0 Å². The number of hydrogen-bond donors (Lipinski definition) is 4. The van der Waals surface area contributed by atoms with Gasteiger partial charge in [-0.25, -0.2) is 9.59 Å². The van der Waals surface area contributed by atoms with Crippen molar-refractivity contribution in [3.05, 3.63) is 0 Å². The fourth-order valence-corrected chi connectivity index (χ4v) is 0. The van der Waals surface area contributed by atoms with Crippen molar-refractivity contribution in [3.63, 3.8) is 0 Å². The number of hydrogen-bond acceptors (Lipinski definition) is 2. The zero-order valence-corrected chi connectivity index (χ0v) is 7.18. The van der Waals surface area contributed by atoms with Gasteiger partial charge < -0.3 is 23.3 Å². The van der Waals surface area contributed by atoms with E-state index < -0.39 is 12.3 Å². The summed E-state index contributed by atoms with van der Waals surface area (Å²) in [5.74, 6) is 0. The predicted molar refractivity (Wildman–Crippen MR) is 29.3 cm³/mol. The molecule has 0 aromatic carbocycles. The van der Waals surface area contributed by atoms with Gasteiger partial charge in [-0.05, 0) is 0 Å². The molecule has 0 aliphatic heterocycles. The molecule has 0 saturated carbocycles. The quantitative estimate of drug-likeness (QED) is 0.423. The summed E-state index contributed by atoms with van der Waals surface area (Å²) in [7, 11) is 0. The predicted octanol–water partition coefficient (Wildman–Crippen LogP) is 0.287. The molecule has 60 valence electrons. The van der Waals surface area contributed by atoms with Gasteiger partial charge in [0.25, 0.3) is 0 Å². The maximum atomic E-state index is 8.56. The van der Waals surface area contributed by atoms with Crippen LogP contribution in [0.15, 0.2) is 0 Å². The van der Waals surface area contributed by atoms with Crippen molar-refractivity contribution in [2.45, 2.75) is 0 Å². The maximum Gasteiger partial charge on any atom is 2.00 e. The minimum Gasteiger partial charge on any atom is -1.00 e. The number of carboxylic acid groups (broad SMARTS) is 4. The van der Waals surface area contributed by atoms with E-state index in [-0.39, 0.29) is 43.0 Å². The minimum absolute atomic E-state index is 0. The third kappa shape index (κ3) is 12000. The first-order valence-electron chi connectivity index (χ1n) is 1.30. The van der Waals surface area contributed by atoms with Gasteiger partial charge in [-0.2, -0.15) is 0 Å². The summed E-state index contributed by atoms with van der Waals surface area (Å²) in [6, 6.07) is 0. The van der Waals surface area contributed by atoms with Crippen molar-refractivity contribution >= 4 is 35.4 Å². The smallest absolute Gasteiger partial charge is 1.00 e. The van der Waals surface area contributed by atoms with Crippen molar-refractivity contribution in [2.75, 3.05) is 0 Å². The molecule has 0 aromatic rings. The Bertz CT molecular complexity index is 81.5. The van der Waals surface area contributed by atoms with Crippen molar-refractivity contribution in [3.8, 4) is 0 Å². The minimum atomic E-state index is -1.83. The van der Waals surface area contributed by atoms with Gasteiger partial charge in [0.1, 0.15) is 0 Å². The van der Waals surface area contributed by atoms with E-state index in [2.05, 4.69) is 0 Å². The van der Waals surface area contributed by atoms with Crippen LogP contribution in [-0.4, -0.2) is 55.8 Å². The molecule has 10 heavy (non-hydrogen) atoms.